The van der Waals surface area contributed by atoms with Gasteiger partial charge in [-0.2, -0.15) is 0 Å². The molecule has 1 aromatic carbocycles. The molecule has 0 unspecified atom stereocenters. The van der Waals surface area contributed by atoms with Crippen molar-refractivity contribution in [2.45, 2.75) is 97.8 Å². The maximum absolute atomic E-state index is 14.2. The van der Waals surface area contributed by atoms with E-state index in [4.69, 9.17) is 4.74 Å². The number of allylic oxidation sites excluding steroid dienone is 2. The summed E-state index contributed by atoms with van der Waals surface area (Å²) < 4.78 is 19.6. The Bertz CT molecular complexity index is 663. The van der Waals surface area contributed by atoms with E-state index >= 15 is 0 Å². The lowest BCUT2D eigenvalue weighted by atomic mass is 9.77. The Morgan fingerprint density at radius 3 is 1.97 bits per heavy atom. The topological polar surface area (TPSA) is 9.23 Å². The van der Waals surface area contributed by atoms with Crippen LogP contribution in [-0.4, -0.2) is 6.61 Å². The van der Waals surface area contributed by atoms with E-state index in [-0.39, 0.29) is 5.82 Å². The Hall–Kier alpha value is -1.31. The first-order valence-corrected chi connectivity index (χ1v) is 12.7. The van der Waals surface area contributed by atoms with E-state index in [0.717, 1.165) is 41.2 Å². The van der Waals surface area contributed by atoms with Gasteiger partial charge in [-0.05, 0) is 125 Å². The molecule has 2 aliphatic rings. The van der Waals surface area contributed by atoms with E-state index in [1.54, 1.807) is 6.07 Å². The van der Waals surface area contributed by atoms with E-state index in [9.17, 15) is 4.39 Å². The quantitative estimate of drug-likeness (QED) is 0.368. The molecule has 0 atom stereocenters. The molecule has 1 aromatic rings. The molecule has 3 rings (SSSR count). The molecule has 2 heteroatoms. The summed E-state index contributed by atoms with van der Waals surface area (Å²) in [5.74, 6) is 3.61. The van der Waals surface area contributed by atoms with Crippen molar-refractivity contribution >= 4 is 0 Å². The molecule has 0 spiro atoms. The highest BCUT2D eigenvalue weighted by molar-refractivity contribution is 5.36. The number of rotatable bonds is 9. The highest BCUT2D eigenvalue weighted by atomic mass is 19.1. The van der Waals surface area contributed by atoms with Crippen LogP contribution in [-0.2, 0) is 6.42 Å². The van der Waals surface area contributed by atoms with Gasteiger partial charge in [-0.15, -0.1) is 0 Å². The van der Waals surface area contributed by atoms with Crippen LogP contribution in [0.4, 0.5) is 4.39 Å². The monoisotopic (exact) mass is 414 g/mol. The summed E-state index contributed by atoms with van der Waals surface area (Å²) in [5.41, 5.74) is 2.31. The molecule has 0 saturated heterocycles. The fourth-order valence-electron chi connectivity index (χ4n) is 5.65. The van der Waals surface area contributed by atoms with Crippen LogP contribution in [0.3, 0.4) is 0 Å². The molecule has 0 bridgehead atoms. The van der Waals surface area contributed by atoms with E-state index in [2.05, 4.69) is 26.0 Å². The predicted octanol–water partition coefficient (Wildman–Crippen LogP) is 8.43. The fraction of sp³-hybridized carbons (Fsp3) is 0.714. The van der Waals surface area contributed by atoms with Crippen molar-refractivity contribution in [2.24, 2.45) is 23.7 Å². The van der Waals surface area contributed by atoms with Crippen LogP contribution >= 0.6 is 0 Å². The highest BCUT2D eigenvalue weighted by Crippen LogP contribution is 2.35. The Kier molecular flexibility index (Phi) is 9.27. The van der Waals surface area contributed by atoms with Crippen LogP contribution in [0, 0.1) is 36.4 Å². The van der Waals surface area contributed by atoms with Gasteiger partial charge in [-0.25, -0.2) is 4.39 Å². The molecule has 30 heavy (non-hydrogen) atoms. The Balaban J connectivity index is 1.38. The van der Waals surface area contributed by atoms with Crippen LogP contribution in [0.25, 0.3) is 0 Å². The molecule has 168 valence electrons. The van der Waals surface area contributed by atoms with E-state index in [1.807, 2.05) is 13.0 Å². The molecule has 0 N–H and O–H groups in total. The summed E-state index contributed by atoms with van der Waals surface area (Å²) in [5, 5.41) is 0. The fourth-order valence-corrected chi connectivity index (χ4v) is 5.65. The first-order chi connectivity index (χ1) is 14.6. The van der Waals surface area contributed by atoms with Crippen molar-refractivity contribution in [3.63, 3.8) is 0 Å². The summed E-state index contributed by atoms with van der Waals surface area (Å²) in [7, 11) is 0. The summed E-state index contributed by atoms with van der Waals surface area (Å²) in [6.07, 6.45) is 21.1. The number of benzene rings is 1. The van der Waals surface area contributed by atoms with Crippen molar-refractivity contribution in [2.75, 3.05) is 6.61 Å². The molecular weight excluding hydrogens is 371 g/mol. The number of halogens is 1. The second kappa shape index (κ2) is 11.9. The summed E-state index contributed by atoms with van der Waals surface area (Å²) in [4.78, 5) is 0. The van der Waals surface area contributed by atoms with E-state index in [0.29, 0.717) is 12.4 Å². The third-order valence-electron chi connectivity index (χ3n) is 7.65. The zero-order chi connectivity index (χ0) is 21.3. The normalized spacial score (nSPS) is 27.5. The molecule has 0 aromatic heterocycles. The van der Waals surface area contributed by atoms with Crippen LogP contribution in [0.2, 0.25) is 0 Å². The lowest BCUT2D eigenvalue weighted by molar-refractivity contribution is 0.285. The average Bonchev–Trinajstić information content (AvgIpc) is 2.76. The maximum atomic E-state index is 14.2. The van der Waals surface area contributed by atoms with Crippen molar-refractivity contribution in [3.05, 3.63) is 41.2 Å². The first-order valence-electron chi connectivity index (χ1n) is 12.7. The van der Waals surface area contributed by atoms with Crippen LogP contribution < -0.4 is 4.74 Å². The van der Waals surface area contributed by atoms with Gasteiger partial charge in [-0.3, -0.25) is 0 Å². The SMILES string of the molecule is CCCC1CCC(/C=C/C2CCC(CCc3cc(F)c(OCC)cc3C)CC2)CC1. The zero-order valence-electron chi connectivity index (χ0n) is 19.6. The van der Waals surface area contributed by atoms with Gasteiger partial charge < -0.3 is 4.74 Å². The van der Waals surface area contributed by atoms with Gasteiger partial charge in [0.05, 0.1) is 6.61 Å². The van der Waals surface area contributed by atoms with Gasteiger partial charge >= 0.3 is 0 Å². The van der Waals surface area contributed by atoms with Gasteiger partial charge in [-0.1, -0.05) is 31.9 Å². The number of aryl methyl sites for hydroxylation is 2. The second-order valence-corrected chi connectivity index (χ2v) is 9.92. The lowest BCUT2D eigenvalue weighted by Crippen LogP contribution is -2.15. The van der Waals surface area contributed by atoms with Crippen LogP contribution in [0.1, 0.15) is 95.6 Å². The minimum atomic E-state index is -0.213. The van der Waals surface area contributed by atoms with Crippen molar-refractivity contribution in [3.8, 4) is 5.75 Å². The third-order valence-corrected chi connectivity index (χ3v) is 7.65. The maximum Gasteiger partial charge on any atom is 0.165 e. The molecular formula is C28H43FO. The number of ether oxygens (including phenoxy) is 1. The molecule has 0 heterocycles. The van der Waals surface area contributed by atoms with Crippen molar-refractivity contribution < 1.29 is 9.13 Å². The molecule has 0 radical (unpaired) electrons. The van der Waals surface area contributed by atoms with Crippen LogP contribution in [0.5, 0.6) is 5.75 Å². The van der Waals surface area contributed by atoms with E-state index < -0.39 is 0 Å². The third kappa shape index (κ3) is 6.86. The smallest absolute Gasteiger partial charge is 0.165 e. The minimum Gasteiger partial charge on any atom is -0.491 e. The minimum absolute atomic E-state index is 0.213. The molecule has 2 aliphatic carbocycles. The van der Waals surface area contributed by atoms with Crippen LogP contribution in [0.15, 0.2) is 24.3 Å². The van der Waals surface area contributed by atoms with E-state index in [1.165, 1.54) is 70.6 Å². The van der Waals surface area contributed by atoms with Gasteiger partial charge in [0, 0.05) is 0 Å². The Morgan fingerprint density at radius 1 is 0.867 bits per heavy atom. The first kappa shape index (κ1) is 23.4. The average molecular weight is 415 g/mol. The van der Waals surface area contributed by atoms with Gasteiger partial charge in [0.1, 0.15) is 0 Å². The largest absolute Gasteiger partial charge is 0.491 e. The standard InChI is InChI=1S/C28H43FO/c1-4-6-22-7-9-23(10-8-22)11-12-24-13-15-25(16-14-24)17-18-26-20-27(29)28(30-5-2)19-21(26)3/h11-12,19-20,22-25H,4-10,13-18H2,1-3H3/b12-11+. The molecule has 0 aliphatic heterocycles. The summed E-state index contributed by atoms with van der Waals surface area (Å²) in [6.45, 7) is 6.80. The Labute approximate surface area is 184 Å². The number of hydrogen-bond donors (Lipinski definition) is 0. The molecule has 1 nitrogen and oxygen atoms in total. The van der Waals surface area contributed by atoms with Crippen molar-refractivity contribution in [1.29, 1.82) is 0 Å². The molecule has 0 amide bonds. The molecule has 2 fully saturated rings. The lowest BCUT2D eigenvalue weighted by Gasteiger charge is -2.29. The summed E-state index contributed by atoms with van der Waals surface area (Å²) >= 11 is 0. The second-order valence-electron chi connectivity index (χ2n) is 9.92. The van der Waals surface area contributed by atoms with Crippen molar-refractivity contribution in [1.82, 2.24) is 0 Å². The number of hydrogen-bond acceptors (Lipinski definition) is 1. The van der Waals surface area contributed by atoms with Gasteiger partial charge in [0.2, 0.25) is 0 Å². The molecule has 2 saturated carbocycles. The Morgan fingerprint density at radius 2 is 1.43 bits per heavy atom. The summed E-state index contributed by atoms with van der Waals surface area (Å²) in [6, 6.07) is 3.56. The van der Waals surface area contributed by atoms with Gasteiger partial charge in [0.25, 0.3) is 0 Å². The van der Waals surface area contributed by atoms with Gasteiger partial charge in [0.15, 0.2) is 11.6 Å². The predicted molar refractivity (Wildman–Crippen MR) is 126 cm³/mol. The highest BCUT2D eigenvalue weighted by Gasteiger charge is 2.22. The zero-order valence-corrected chi connectivity index (χ0v) is 19.6.